The highest BCUT2D eigenvalue weighted by molar-refractivity contribution is 5.74. The summed E-state index contributed by atoms with van der Waals surface area (Å²) in [7, 11) is 1.39. The molecule has 3 heterocycles. The van der Waals surface area contributed by atoms with E-state index in [2.05, 4.69) is 4.90 Å². The quantitative estimate of drug-likeness (QED) is 0.814. The van der Waals surface area contributed by atoms with Crippen LogP contribution in [0, 0.1) is 17.8 Å². The van der Waals surface area contributed by atoms with Gasteiger partial charge in [0.1, 0.15) is 0 Å². The van der Waals surface area contributed by atoms with Gasteiger partial charge in [-0.05, 0) is 24.8 Å². The summed E-state index contributed by atoms with van der Waals surface area (Å²) in [6.07, 6.45) is 2.45. The summed E-state index contributed by atoms with van der Waals surface area (Å²) in [6.45, 7) is 1.41. The van der Waals surface area contributed by atoms with E-state index < -0.39 is 5.92 Å². The Morgan fingerprint density at radius 2 is 2.17 bits per heavy atom. The van der Waals surface area contributed by atoms with Crippen molar-refractivity contribution in [3.8, 4) is 0 Å². The molecule has 1 aliphatic carbocycles. The normalized spacial score (nSPS) is 32.6. The molecule has 6 heteroatoms. The van der Waals surface area contributed by atoms with E-state index in [1.54, 1.807) is 16.7 Å². The van der Waals surface area contributed by atoms with Crippen LogP contribution >= 0.6 is 0 Å². The van der Waals surface area contributed by atoms with Crippen molar-refractivity contribution in [1.29, 1.82) is 0 Å². The van der Waals surface area contributed by atoms with E-state index in [0.29, 0.717) is 12.5 Å². The third kappa shape index (κ3) is 2.23. The Bertz CT molecular complexity index is 681. The molecule has 4 atom stereocenters. The molecule has 6 nitrogen and oxygen atoms in total. The molecule has 2 fully saturated rings. The van der Waals surface area contributed by atoms with Crippen molar-refractivity contribution in [2.75, 3.05) is 20.3 Å². The molecule has 1 aromatic heterocycles. The molecular formula is C17H22N2O4. The van der Waals surface area contributed by atoms with Gasteiger partial charge in [0.05, 0.1) is 19.1 Å². The number of hydrogen-bond donors (Lipinski definition) is 1. The van der Waals surface area contributed by atoms with Gasteiger partial charge >= 0.3 is 5.97 Å². The van der Waals surface area contributed by atoms with Crippen LogP contribution in [0.2, 0.25) is 0 Å². The maximum atomic E-state index is 12.4. The fourth-order valence-electron chi connectivity index (χ4n) is 4.43. The van der Waals surface area contributed by atoms with Crippen molar-refractivity contribution < 1.29 is 14.6 Å². The number of aliphatic hydroxyl groups excluding tert-OH is 1. The molecule has 1 aromatic rings. The molecule has 0 radical (unpaired) electrons. The number of methoxy groups -OCH3 is 1. The van der Waals surface area contributed by atoms with Gasteiger partial charge < -0.3 is 14.4 Å². The van der Waals surface area contributed by atoms with E-state index in [4.69, 9.17) is 4.74 Å². The van der Waals surface area contributed by atoms with Gasteiger partial charge in [0.25, 0.3) is 5.56 Å². The van der Waals surface area contributed by atoms with Crippen LogP contribution in [0.4, 0.5) is 0 Å². The van der Waals surface area contributed by atoms with Crippen LogP contribution in [0.5, 0.6) is 0 Å². The monoisotopic (exact) mass is 318 g/mol. The topological polar surface area (TPSA) is 71.8 Å². The van der Waals surface area contributed by atoms with E-state index in [1.165, 1.54) is 20.0 Å². The largest absolute Gasteiger partial charge is 0.469 e. The number of aromatic nitrogens is 1. The minimum absolute atomic E-state index is 0.0160. The van der Waals surface area contributed by atoms with Crippen molar-refractivity contribution in [2.45, 2.75) is 31.5 Å². The zero-order valence-corrected chi connectivity index (χ0v) is 13.2. The van der Waals surface area contributed by atoms with Gasteiger partial charge in [-0.2, -0.15) is 0 Å². The molecule has 1 saturated carbocycles. The van der Waals surface area contributed by atoms with Crippen LogP contribution in [-0.2, 0) is 16.1 Å². The lowest BCUT2D eigenvalue weighted by Crippen LogP contribution is -2.47. The number of esters is 1. The summed E-state index contributed by atoms with van der Waals surface area (Å²) < 4.78 is 6.79. The Hall–Kier alpha value is -1.66. The fraction of sp³-hybridized carbons (Fsp3) is 0.647. The first-order chi connectivity index (χ1) is 11.2. The third-order valence-corrected chi connectivity index (χ3v) is 5.69. The summed E-state index contributed by atoms with van der Waals surface area (Å²) in [6, 6.07) is 5.08. The molecule has 0 unspecified atom stereocenters. The number of fused-ring (bicyclic) bond motifs is 4. The van der Waals surface area contributed by atoms with Crippen LogP contribution in [0.25, 0.3) is 0 Å². The first-order valence-electron chi connectivity index (χ1n) is 8.30. The summed E-state index contributed by atoms with van der Waals surface area (Å²) in [5.74, 6) is -0.213. The lowest BCUT2D eigenvalue weighted by atomic mass is 9.87. The smallest absolute Gasteiger partial charge is 0.311 e. The Morgan fingerprint density at radius 1 is 1.39 bits per heavy atom. The predicted octanol–water partition coefficient (Wildman–Crippen LogP) is 0.395. The standard InChI is InChI=1S/C17H22N2O4/c1-23-17(22)15-11(9-20)13-8-18-12(3-2-4-14(18)21)16(15)19(13)7-10-5-6-10/h2-4,10-11,13,15-16,20H,5-9H2,1H3/t11-,13-,15+,16+/m1/s1. The number of carbonyl (C=O) groups excluding carboxylic acids is 1. The van der Waals surface area contributed by atoms with E-state index in [-0.39, 0.29) is 36.1 Å². The minimum Gasteiger partial charge on any atom is -0.469 e. The average Bonchev–Trinajstić information content (AvgIpc) is 3.33. The van der Waals surface area contributed by atoms with Crippen molar-refractivity contribution >= 4 is 5.97 Å². The van der Waals surface area contributed by atoms with Gasteiger partial charge in [-0.3, -0.25) is 14.5 Å². The molecule has 4 rings (SSSR count). The van der Waals surface area contributed by atoms with Gasteiger partial charge in [0, 0.05) is 43.4 Å². The molecule has 2 aliphatic heterocycles. The summed E-state index contributed by atoms with van der Waals surface area (Å²) >= 11 is 0. The van der Waals surface area contributed by atoms with Gasteiger partial charge in [-0.1, -0.05) is 6.07 Å². The molecule has 0 spiro atoms. The van der Waals surface area contributed by atoms with Gasteiger partial charge in [0.2, 0.25) is 0 Å². The molecular weight excluding hydrogens is 296 g/mol. The zero-order valence-electron chi connectivity index (χ0n) is 13.2. The molecule has 1 N–H and O–H groups in total. The SMILES string of the molecule is COC(=O)[C@H]1[C@H](CO)[C@H]2Cn3c(cccc3=O)[C@@H]1N2CC1CC1. The summed E-state index contributed by atoms with van der Waals surface area (Å²) in [4.78, 5) is 27.0. The molecule has 23 heavy (non-hydrogen) atoms. The number of hydrogen-bond acceptors (Lipinski definition) is 5. The average molecular weight is 318 g/mol. The first-order valence-corrected chi connectivity index (χ1v) is 8.30. The Labute approximate surface area is 134 Å². The maximum Gasteiger partial charge on any atom is 0.311 e. The molecule has 0 amide bonds. The molecule has 1 saturated heterocycles. The second-order valence-electron chi connectivity index (χ2n) is 6.95. The van der Waals surface area contributed by atoms with Crippen LogP contribution in [0.3, 0.4) is 0 Å². The third-order valence-electron chi connectivity index (χ3n) is 5.69. The number of carbonyl (C=O) groups is 1. The summed E-state index contributed by atoms with van der Waals surface area (Å²) in [5, 5.41) is 9.92. The molecule has 0 aromatic carbocycles. The highest BCUT2D eigenvalue weighted by Gasteiger charge is 2.56. The van der Waals surface area contributed by atoms with Crippen molar-refractivity contribution in [1.82, 2.24) is 9.47 Å². The fourth-order valence-corrected chi connectivity index (χ4v) is 4.43. The molecule has 124 valence electrons. The second-order valence-corrected chi connectivity index (χ2v) is 6.95. The first kappa shape index (κ1) is 14.9. The maximum absolute atomic E-state index is 12.4. The highest BCUT2D eigenvalue weighted by atomic mass is 16.5. The van der Waals surface area contributed by atoms with Crippen LogP contribution in [0.15, 0.2) is 23.0 Å². The van der Waals surface area contributed by atoms with Crippen molar-refractivity contribution in [2.24, 2.45) is 17.8 Å². The molecule has 3 aliphatic rings. The van der Waals surface area contributed by atoms with Gasteiger partial charge in [-0.25, -0.2) is 0 Å². The second kappa shape index (κ2) is 5.46. The zero-order chi connectivity index (χ0) is 16.1. The Morgan fingerprint density at radius 3 is 2.83 bits per heavy atom. The molecule has 2 bridgehead atoms. The number of pyridine rings is 1. The predicted molar refractivity (Wildman–Crippen MR) is 82.7 cm³/mol. The van der Waals surface area contributed by atoms with E-state index in [9.17, 15) is 14.7 Å². The highest BCUT2D eigenvalue weighted by Crippen LogP contribution is 2.50. The lowest BCUT2D eigenvalue weighted by Gasteiger charge is -2.38. The van der Waals surface area contributed by atoms with E-state index >= 15 is 0 Å². The van der Waals surface area contributed by atoms with Crippen molar-refractivity contribution in [3.05, 3.63) is 34.2 Å². The van der Waals surface area contributed by atoms with Gasteiger partial charge in [0.15, 0.2) is 0 Å². The number of rotatable bonds is 4. The van der Waals surface area contributed by atoms with E-state index in [1.807, 2.05) is 6.07 Å². The Kier molecular flexibility index (Phi) is 3.54. The summed E-state index contributed by atoms with van der Waals surface area (Å²) in [5.41, 5.74) is 0.839. The van der Waals surface area contributed by atoms with Crippen molar-refractivity contribution in [3.63, 3.8) is 0 Å². The number of ether oxygens (including phenoxy) is 1. The Balaban J connectivity index is 1.82. The van der Waals surface area contributed by atoms with Crippen LogP contribution < -0.4 is 5.56 Å². The van der Waals surface area contributed by atoms with Gasteiger partial charge in [-0.15, -0.1) is 0 Å². The number of nitrogens with zero attached hydrogens (tertiary/aromatic N) is 2. The van der Waals surface area contributed by atoms with E-state index in [0.717, 1.165) is 12.2 Å². The van der Waals surface area contributed by atoms with Crippen LogP contribution in [0.1, 0.15) is 24.6 Å². The lowest BCUT2D eigenvalue weighted by molar-refractivity contribution is -0.148. The van der Waals surface area contributed by atoms with Crippen LogP contribution in [-0.4, -0.2) is 46.8 Å². The number of aliphatic hydroxyl groups is 1. The minimum atomic E-state index is -0.413.